The number of hydrogen-bond acceptors (Lipinski definition) is 10. The first kappa shape index (κ1) is 35.6. The largest absolute Gasteiger partial charge is 0.508 e. The van der Waals surface area contributed by atoms with Crippen LogP contribution in [0.1, 0.15) is 35.6 Å². The van der Waals surface area contributed by atoms with Gasteiger partial charge in [0.2, 0.25) is 11.7 Å². The first-order chi connectivity index (χ1) is 22.8. The van der Waals surface area contributed by atoms with E-state index < -0.39 is 87.5 Å². The summed E-state index contributed by atoms with van der Waals surface area (Å²) in [4.78, 5) is 56.1. The molecule has 3 aliphatic carbocycles. The highest BCUT2D eigenvalue weighted by atomic mass is 19.4. The number of benzene rings is 2. The second-order valence-corrected chi connectivity index (χ2v) is 12.9. The first-order valence-electron chi connectivity index (χ1n) is 15.5. The average molecular weight is 687 g/mol. The van der Waals surface area contributed by atoms with Crippen LogP contribution in [0.25, 0.3) is 5.76 Å². The van der Waals surface area contributed by atoms with E-state index in [1.165, 1.54) is 43.3 Å². The molecule has 1 saturated carbocycles. The molecule has 7 N–H and O–H groups in total. The number of aliphatic hydroxyl groups excluding tert-OH is 2. The number of rotatable bonds is 8. The monoisotopic (exact) mass is 686 g/mol. The van der Waals surface area contributed by atoms with Crippen LogP contribution >= 0.6 is 0 Å². The molecule has 15 heteroatoms. The third-order valence-corrected chi connectivity index (χ3v) is 9.89. The van der Waals surface area contributed by atoms with Crippen LogP contribution in [0.3, 0.4) is 0 Å². The number of nitrogens with two attached hydrogens (primary N) is 1. The number of carbonyl (C=O) groups is 4. The van der Waals surface area contributed by atoms with Gasteiger partial charge in [-0.3, -0.25) is 29.0 Å². The molecular formula is C34H37F3N4O8. The number of hydrogen-bond donors (Lipinski definition) is 6. The van der Waals surface area contributed by atoms with Crippen LogP contribution in [0.4, 0.5) is 18.9 Å². The fourth-order valence-corrected chi connectivity index (χ4v) is 7.26. The molecule has 0 aromatic heterocycles. The Labute approximate surface area is 279 Å². The Kier molecular flexibility index (Phi) is 9.16. The number of aliphatic hydroxyl groups is 3. The predicted octanol–water partition coefficient (Wildman–Crippen LogP) is 2.48. The molecule has 1 fully saturated rings. The Bertz CT molecular complexity index is 1800. The number of alkyl halides is 3. The molecule has 12 nitrogen and oxygen atoms in total. The summed E-state index contributed by atoms with van der Waals surface area (Å²) >= 11 is 0. The highest BCUT2D eigenvalue weighted by Gasteiger charge is 2.64. The molecule has 3 aliphatic rings. The number of phenols is 1. The molecule has 49 heavy (non-hydrogen) atoms. The lowest BCUT2D eigenvalue weighted by Gasteiger charge is -2.50. The zero-order valence-corrected chi connectivity index (χ0v) is 27.1. The van der Waals surface area contributed by atoms with Crippen molar-refractivity contribution in [2.24, 2.45) is 17.6 Å². The SMILES string of the molecule is CCN(C)C(Cc1ccc(C(F)(F)F)cc1)C(=O)Nc1ccc2c(c1O)C(O)=C1C(=O)[C@]3(O)C(O)=C(C(N)=O)C(=O)[C@@H](N(C)C)C3CC1C2. The van der Waals surface area contributed by atoms with Gasteiger partial charge in [0.25, 0.3) is 5.91 Å². The van der Waals surface area contributed by atoms with Gasteiger partial charge in [-0.25, -0.2) is 0 Å². The Balaban J connectivity index is 1.50. The van der Waals surface area contributed by atoms with Gasteiger partial charge in [-0.1, -0.05) is 25.1 Å². The predicted molar refractivity (Wildman–Crippen MR) is 170 cm³/mol. The normalized spacial score (nSPS) is 24.5. The van der Waals surface area contributed by atoms with Gasteiger partial charge in [-0.2, -0.15) is 13.2 Å². The van der Waals surface area contributed by atoms with Crippen LogP contribution in [0.15, 0.2) is 53.3 Å². The molecule has 5 rings (SSSR count). The Morgan fingerprint density at radius 2 is 1.69 bits per heavy atom. The van der Waals surface area contributed by atoms with E-state index in [-0.39, 0.29) is 36.1 Å². The van der Waals surface area contributed by atoms with Crippen molar-refractivity contribution in [1.29, 1.82) is 0 Å². The number of anilines is 1. The van der Waals surface area contributed by atoms with Crippen molar-refractivity contribution in [3.8, 4) is 5.75 Å². The van der Waals surface area contributed by atoms with Crippen LogP contribution in [-0.2, 0) is 38.2 Å². The summed E-state index contributed by atoms with van der Waals surface area (Å²) in [5.41, 5.74) is 1.01. The highest BCUT2D eigenvalue weighted by molar-refractivity contribution is 6.24. The summed E-state index contributed by atoms with van der Waals surface area (Å²) in [5, 5.41) is 48.2. The summed E-state index contributed by atoms with van der Waals surface area (Å²) in [7, 11) is 4.67. The van der Waals surface area contributed by atoms with Crippen molar-refractivity contribution in [1.82, 2.24) is 9.80 Å². The third kappa shape index (κ3) is 5.85. The van der Waals surface area contributed by atoms with Crippen molar-refractivity contribution >= 4 is 34.8 Å². The molecule has 2 aromatic carbocycles. The summed E-state index contributed by atoms with van der Waals surface area (Å²) in [6, 6.07) is 5.28. The summed E-state index contributed by atoms with van der Waals surface area (Å²) < 4.78 is 39.2. The van der Waals surface area contributed by atoms with Gasteiger partial charge < -0.3 is 31.5 Å². The van der Waals surface area contributed by atoms with Crippen LogP contribution < -0.4 is 11.1 Å². The van der Waals surface area contributed by atoms with Crippen molar-refractivity contribution in [3.63, 3.8) is 0 Å². The zero-order valence-electron chi connectivity index (χ0n) is 27.1. The van der Waals surface area contributed by atoms with Gasteiger partial charge in [0.05, 0.1) is 28.9 Å². The fourth-order valence-electron chi connectivity index (χ4n) is 7.26. The molecule has 3 unspecified atom stereocenters. The van der Waals surface area contributed by atoms with Crippen LogP contribution in [-0.4, -0.2) is 99.0 Å². The van der Waals surface area contributed by atoms with Gasteiger partial charge in [-0.15, -0.1) is 0 Å². The topological polar surface area (TPSA) is 194 Å². The lowest BCUT2D eigenvalue weighted by atomic mass is 9.57. The van der Waals surface area contributed by atoms with Crippen molar-refractivity contribution in [3.05, 3.63) is 75.6 Å². The number of primary amides is 1. The fraction of sp³-hybridized carbons (Fsp3) is 0.412. The van der Waals surface area contributed by atoms with E-state index in [0.717, 1.165) is 12.1 Å². The summed E-state index contributed by atoms with van der Waals surface area (Å²) in [5.74, 6) is -8.44. The molecule has 262 valence electrons. The minimum Gasteiger partial charge on any atom is -0.508 e. The quantitative estimate of drug-likeness (QED) is 0.178. The molecule has 0 bridgehead atoms. The molecule has 2 aromatic rings. The summed E-state index contributed by atoms with van der Waals surface area (Å²) in [6.07, 6.45) is -4.48. The summed E-state index contributed by atoms with van der Waals surface area (Å²) in [6.45, 7) is 2.18. The van der Waals surface area contributed by atoms with Gasteiger partial charge in [0.1, 0.15) is 22.8 Å². The Hall–Kier alpha value is -4.73. The molecule has 0 spiro atoms. The number of carbonyl (C=O) groups excluding carboxylic acids is 4. The van der Waals surface area contributed by atoms with Crippen LogP contribution in [0.5, 0.6) is 5.75 Å². The van der Waals surface area contributed by atoms with E-state index in [4.69, 9.17) is 5.73 Å². The second-order valence-electron chi connectivity index (χ2n) is 12.9. The Morgan fingerprint density at radius 3 is 2.24 bits per heavy atom. The molecular weight excluding hydrogens is 649 g/mol. The Morgan fingerprint density at radius 1 is 1.06 bits per heavy atom. The molecule has 0 saturated heterocycles. The molecule has 0 aliphatic heterocycles. The second kappa shape index (κ2) is 12.6. The smallest absolute Gasteiger partial charge is 0.416 e. The van der Waals surface area contributed by atoms with Crippen LogP contribution in [0.2, 0.25) is 0 Å². The number of Topliss-reactive ketones (excluding diaryl/α,β-unsaturated/α-hetero) is 2. The van der Waals surface area contributed by atoms with Crippen molar-refractivity contribution in [2.75, 3.05) is 33.0 Å². The van der Waals surface area contributed by atoms with E-state index >= 15 is 0 Å². The number of aromatic hydroxyl groups is 1. The lowest BCUT2D eigenvalue weighted by molar-refractivity contribution is -0.153. The van der Waals surface area contributed by atoms with Gasteiger partial charge >= 0.3 is 6.18 Å². The average Bonchev–Trinajstić information content (AvgIpc) is 3.02. The maximum atomic E-state index is 14.0. The van der Waals surface area contributed by atoms with Gasteiger partial charge in [0.15, 0.2) is 11.4 Å². The number of amides is 2. The van der Waals surface area contributed by atoms with E-state index in [0.29, 0.717) is 17.7 Å². The van der Waals surface area contributed by atoms with E-state index in [9.17, 15) is 52.8 Å². The van der Waals surface area contributed by atoms with E-state index in [1.807, 2.05) is 0 Å². The number of fused-ring (bicyclic) bond motifs is 3. The number of nitrogens with zero attached hydrogens (tertiary/aromatic N) is 2. The van der Waals surface area contributed by atoms with Crippen molar-refractivity contribution < 1.29 is 52.8 Å². The van der Waals surface area contributed by atoms with Gasteiger partial charge in [0, 0.05) is 11.5 Å². The maximum absolute atomic E-state index is 14.0. The molecule has 2 amide bonds. The molecule has 0 heterocycles. The molecule has 5 atom stereocenters. The lowest BCUT2D eigenvalue weighted by Crippen LogP contribution is -2.65. The van der Waals surface area contributed by atoms with Gasteiger partial charge in [-0.05, 0) is 82.2 Å². The number of phenolic OH excluding ortho intramolecular Hbond substituents is 1. The number of likely N-dealkylation sites (N-methyl/N-ethyl adjacent to an activating group) is 2. The standard InChI is InChI=1S/C34H37F3N4O8/c1-5-41(4)21(12-15-6-9-18(10-7-15)34(35,36)37)32(48)39-20-11-8-16-13-17-14-19-25(40(2)3)28(44)24(31(38)47)30(46)33(19,49)29(45)23(17)27(43)22(16)26(20)42/h6-11,17,19,21,25,42-43,46,49H,5,12-14H2,1-4H3,(H2,38,47)(H,39,48)/t17?,19?,21?,25-,33-/m0/s1. The number of ketones is 2. The van der Waals surface area contributed by atoms with Crippen LogP contribution in [0, 0.1) is 11.8 Å². The highest BCUT2D eigenvalue weighted by Crippen LogP contribution is 2.53. The zero-order chi connectivity index (χ0) is 36.3. The van der Waals surface area contributed by atoms with Crippen molar-refractivity contribution in [2.45, 2.75) is 50.0 Å². The minimum absolute atomic E-state index is 0.0337. The van der Waals surface area contributed by atoms with E-state index in [1.54, 1.807) is 18.9 Å². The minimum atomic E-state index is -4.52. The van der Waals surface area contributed by atoms with E-state index in [2.05, 4.69) is 5.32 Å². The first-order valence-corrected chi connectivity index (χ1v) is 15.5. The maximum Gasteiger partial charge on any atom is 0.416 e. The molecule has 0 radical (unpaired) electrons. The number of nitrogens with one attached hydrogen (secondary N) is 1. The third-order valence-electron chi connectivity index (χ3n) is 9.89. The number of halogens is 3.